The van der Waals surface area contributed by atoms with Gasteiger partial charge >= 0.3 is 56.6 Å². The molecular weight excluding hydrogens is 291 g/mol. The third-order valence-electron chi connectivity index (χ3n) is 0.965. The molecule has 1 saturated heterocycles. The summed E-state index contributed by atoms with van der Waals surface area (Å²) in [4.78, 5) is 0. The molecule has 1 heterocycles. The van der Waals surface area contributed by atoms with E-state index in [9.17, 15) is 0 Å². The summed E-state index contributed by atoms with van der Waals surface area (Å²) < 4.78 is 1.45. The molecule has 0 aliphatic carbocycles. The van der Waals surface area contributed by atoms with Crippen LogP contribution in [0.25, 0.3) is 0 Å². The maximum absolute atomic E-state index is 2.08. The van der Waals surface area contributed by atoms with E-state index in [1.807, 2.05) is 23.0 Å². The van der Waals surface area contributed by atoms with Crippen molar-refractivity contribution < 1.29 is 32.7 Å². The minimum absolute atomic E-state index is 0. The summed E-state index contributed by atoms with van der Waals surface area (Å²) in [5.74, 6) is 3.98. The first-order valence-electron chi connectivity index (χ1n) is 2.12. The Morgan fingerprint density at radius 3 is 2.14 bits per heavy atom. The summed E-state index contributed by atoms with van der Waals surface area (Å²) in [6, 6.07) is 0. The van der Waals surface area contributed by atoms with E-state index < -0.39 is 0 Å². The molecule has 0 saturated carbocycles. The Kier molecular flexibility index (Phi) is 6.74. The third-order valence-corrected chi connectivity index (χ3v) is 3.85. The van der Waals surface area contributed by atoms with E-state index in [4.69, 9.17) is 0 Å². The fourth-order valence-electron chi connectivity index (χ4n) is 0.390. The fourth-order valence-corrected chi connectivity index (χ4v) is 2.97. The molecule has 1 fully saturated rings. The Morgan fingerprint density at radius 1 is 1.57 bits per heavy atom. The fraction of sp³-hybridized carbons (Fsp3) is 1.00. The predicted octanol–water partition coefficient (Wildman–Crippen LogP) is 0.934. The molecule has 0 aromatic heterocycles. The van der Waals surface area contributed by atoms with Gasteiger partial charge < -0.3 is 0 Å². The summed E-state index contributed by atoms with van der Waals surface area (Å²) in [6.45, 7) is 0. The SMILES string of the molecule is [Sb][CH2]C1CSC1.[Y]. The summed E-state index contributed by atoms with van der Waals surface area (Å²) in [5.41, 5.74) is 0. The van der Waals surface area contributed by atoms with Crippen LogP contribution in [0.1, 0.15) is 0 Å². The van der Waals surface area contributed by atoms with Gasteiger partial charge in [0, 0.05) is 32.7 Å². The van der Waals surface area contributed by atoms with Gasteiger partial charge in [0.25, 0.3) is 0 Å². The van der Waals surface area contributed by atoms with Gasteiger partial charge in [-0.1, -0.05) is 0 Å². The van der Waals surface area contributed by atoms with Crippen molar-refractivity contribution in [1.29, 1.82) is 0 Å². The molecule has 3 radical (unpaired) electrons. The van der Waals surface area contributed by atoms with E-state index in [0.29, 0.717) is 0 Å². The van der Waals surface area contributed by atoms with Gasteiger partial charge in [-0.3, -0.25) is 0 Å². The molecule has 1 aliphatic heterocycles. The molecule has 0 atom stereocenters. The number of thioether (sulfide) groups is 1. The average molecular weight is 298 g/mol. The van der Waals surface area contributed by atoms with E-state index in [2.05, 4.69) is 11.8 Å². The van der Waals surface area contributed by atoms with Crippen molar-refractivity contribution in [3.8, 4) is 0 Å². The maximum Gasteiger partial charge on any atom is 0 e. The van der Waals surface area contributed by atoms with Crippen LogP contribution in [0.15, 0.2) is 0 Å². The second-order valence-corrected chi connectivity index (χ2v) is 3.70. The van der Waals surface area contributed by atoms with Crippen molar-refractivity contribution in [1.82, 2.24) is 0 Å². The van der Waals surface area contributed by atoms with Crippen molar-refractivity contribution >= 4 is 34.8 Å². The maximum atomic E-state index is 2.08. The Morgan fingerprint density at radius 2 is 2.14 bits per heavy atom. The first kappa shape index (κ1) is 9.27. The molecule has 0 bridgehead atoms. The quantitative estimate of drug-likeness (QED) is 0.649. The van der Waals surface area contributed by atoms with Crippen LogP contribution in [-0.2, 0) is 32.7 Å². The summed E-state index contributed by atoms with van der Waals surface area (Å²) >= 11 is 4.04. The molecule has 3 heteroatoms. The molecule has 0 aromatic carbocycles. The molecular formula is C4H7SSbY. The van der Waals surface area contributed by atoms with Crippen molar-refractivity contribution in [2.45, 2.75) is 4.37 Å². The first-order chi connectivity index (χ1) is 2.93. The van der Waals surface area contributed by atoms with Crippen LogP contribution < -0.4 is 0 Å². The van der Waals surface area contributed by atoms with Crippen molar-refractivity contribution in [2.24, 2.45) is 5.92 Å². The van der Waals surface area contributed by atoms with E-state index in [-0.39, 0.29) is 32.7 Å². The molecule has 0 nitrogen and oxygen atoms in total. The Labute approximate surface area is 87.9 Å². The molecule has 1 aliphatic rings. The van der Waals surface area contributed by atoms with E-state index in [1.54, 1.807) is 0 Å². The van der Waals surface area contributed by atoms with Crippen LogP contribution in [0.2, 0.25) is 4.37 Å². The summed E-state index contributed by atoms with van der Waals surface area (Å²) in [7, 11) is 0. The van der Waals surface area contributed by atoms with Gasteiger partial charge in [-0.15, -0.1) is 0 Å². The van der Waals surface area contributed by atoms with Gasteiger partial charge in [0.05, 0.1) is 0 Å². The monoisotopic (exact) mass is 297 g/mol. The Hall–Kier alpha value is 2.27. The molecule has 0 aromatic rings. The summed E-state index contributed by atoms with van der Waals surface area (Å²) in [5, 5.41) is 0. The molecule has 0 N–H and O–H groups in total. The van der Waals surface area contributed by atoms with Crippen LogP contribution >= 0.6 is 11.8 Å². The first-order valence-corrected chi connectivity index (χ1v) is 5.08. The van der Waals surface area contributed by atoms with Crippen molar-refractivity contribution in [3.63, 3.8) is 0 Å². The zero-order chi connectivity index (χ0) is 4.41. The topological polar surface area (TPSA) is 0 Å². The minimum atomic E-state index is 0. The standard InChI is InChI=1S/C4H7S.Sb.Y/c1-4-2-5-3-4;;/h4H,1-3H2;;. The molecule has 7 heavy (non-hydrogen) atoms. The number of hydrogen-bond acceptors (Lipinski definition) is 1. The van der Waals surface area contributed by atoms with Crippen molar-refractivity contribution in [3.05, 3.63) is 0 Å². The Bertz CT molecular complexity index is 44.2. The zero-order valence-corrected chi connectivity index (χ0v) is 10.3. The van der Waals surface area contributed by atoms with Crippen LogP contribution in [0.5, 0.6) is 0 Å². The largest absolute Gasteiger partial charge is 0 e. The van der Waals surface area contributed by atoms with Crippen molar-refractivity contribution in [2.75, 3.05) is 11.5 Å². The van der Waals surface area contributed by atoms with Crippen LogP contribution in [-0.4, -0.2) is 34.5 Å². The summed E-state index contributed by atoms with van der Waals surface area (Å²) in [6.07, 6.45) is 0. The zero-order valence-electron chi connectivity index (χ0n) is 4.13. The number of rotatable bonds is 1. The second kappa shape index (κ2) is 5.09. The van der Waals surface area contributed by atoms with E-state index in [1.165, 1.54) is 15.9 Å². The molecule has 37 valence electrons. The Balaban J connectivity index is 0.000000360. The molecule has 0 unspecified atom stereocenters. The van der Waals surface area contributed by atoms with Gasteiger partial charge in [0.1, 0.15) is 0 Å². The smallest absolute Gasteiger partial charge is 0 e. The van der Waals surface area contributed by atoms with Crippen LogP contribution in [0.3, 0.4) is 0 Å². The number of hydrogen-bond donors (Lipinski definition) is 0. The van der Waals surface area contributed by atoms with Crippen LogP contribution in [0.4, 0.5) is 0 Å². The average Bonchev–Trinajstić information content (AvgIpc) is 1.31. The third kappa shape index (κ3) is 3.08. The van der Waals surface area contributed by atoms with Gasteiger partial charge in [-0.25, -0.2) is 0 Å². The van der Waals surface area contributed by atoms with Crippen LogP contribution in [0, 0.1) is 5.92 Å². The van der Waals surface area contributed by atoms with Gasteiger partial charge in [-0.2, -0.15) is 0 Å². The molecule has 0 spiro atoms. The second-order valence-electron chi connectivity index (χ2n) is 1.59. The van der Waals surface area contributed by atoms with E-state index in [0.717, 1.165) is 5.92 Å². The predicted molar refractivity (Wildman–Crippen MR) is 31.4 cm³/mol. The minimum Gasteiger partial charge on any atom is 0 e. The van der Waals surface area contributed by atoms with Gasteiger partial charge in [0.15, 0.2) is 0 Å². The van der Waals surface area contributed by atoms with Gasteiger partial charge in [-0.05, 0) is 0 Å². The molecule has 1 rings (SSSR count). The van der Waals surface area contributed by atoms with Gasteiger partial charge in [0.2, 0.25) is 0 Å². The normalized spacial score (nSPS) is 20.1. The molecule has 0 amide bonds. The van der Waals surface area contributed by atoms with E-state index >= 15 is 0 Å².